The molecule has 1 unspecified atom stereocenters. The Balaban J connectivity index is 2.02. The van der Waals surface area contributed by atoms with Crippen molar-refractivity contribution in [2.45, 2.75) is 25.4 Å². The van der Waals surface area contributed by atoms with Gasteiger partial charge in [0.2, 0.25) is 0 Å². The SMILES string of the molecule is Nc1ccc(CN2CCCC2C(=O)O)o1. The fraction of sp³-hybridized carbons (Fsp3) is 0.500. The maximum absolute atomic E-state index is 10.9. The zero-order valence-corrected chi connectivity index (χ0v) is 8.35. The maximum atomic E-state index is 10.9. The molecule has 1 aliphatic rings. The highest BCUT2D eigenvalue weighted by Gasteiger charge is 2.30. The van der Waals surface area contributed by atoms with E-state index in [0.717, 1.165) is 18.7 Å². The molecule has 5 heteroatoms. The number of carbonyl (C=O) groups is 1. The summed E-state index contributed by atoms with van der Waals surface area (Å²) >= 11 is 0. The van der Waals surface area contributed by atoms with Gasteiger partial charge in [0, 0.05) is 6.07 Å². The number of hydrogen-bond donors (Lipinski definition) is 2. The lowest BCUT2D eigenvalue weighted by atomic mass is 10.2. The van der Waals surface area contributed by atoms with E-state index in [2.05, 4.69) is 0 Å². The Hall–Kier alpha value is -1.49. The second kappa shape index (κ2) is 3.94. The number of rotatable bonds is 3. The molecule has 2 rings (SSSR count). The van der Waals surface area contributed by atoms with Gasteiger partial charge in [-0.15, -0.1) is 0 Å². The predicted octanol–water partition coefficient (Wildman–Crippen LogP) is 0.911. The Bertz CT molecular complexity index is 361. The second-order valence-electron chi connectivity index (χ2n) is 3.77. The summed E-state index contributed by atoms with van der Waals surface area (Å²) in [4.78, 5) is 12.8. The highest BCUT2D eigenvalue weighted by molar-refractivity contribution is 5.73. The first-order valence-corrected chi connectivity index (χ1v) is 4.98. The third-order valence-electron chi connectivity index (χ3n) is 2.69. The number of furan rings is 1. The first-order chi connectivity index (χ1) is 7.16. The molecule has 0 radical (unpaired) electrons. The number of hydrogen-bond acceptors (Lipinski definition) is 4. The van der Waals surface area contributed by atoms with E-state index >= 15 is 0 Å². The lowest BCUT2D eigenvalue weighted by molar-refractivity contribution is -0.142. The van der Waals surface area contributed by atoms with Gasteiger partial charge in [-0.25, -0.2) is 0 Å². The molecule has 0 amide bonds. The van der Waals surface area contributed by atoms with Crippen LogP contribution in [0.15, 0.2) is 16.5 Å². The summed E-state index contributed by atoms with van der Waals surface area (Å²) in [7, 11) is 0. The Morgan fingerprint density at radius 3 is 3.07 bits per heavy atom. The van der Waals surface area contributed by atoms with E-state index in [1.54, 1.807) is 12.1 Å². The molecule has 1 aliphatic heterocycles. The average Bonchev–Trinajstić information content (AvgIpc) is 2.75. The summed E-state index contributed by atoms with van der Waals surface area (Å²) in [5.41, 5.74) is 5.45. The van der Waals surface area contributed by atoms with E-state index in [-0.39, 0.29) is 6.04 Å². The number of nitrogens with zero attached hydrogens (tertiary/aromatic N) is 1. The molecule has 0 aromatic carbocycles. The van der Waals surface area contributed by atoms with E-state index in [0.29, 0.717) is 18.8 Å². The zero-order chi connectivity index (χ0) is 10.8. The van der Waals surface area contributed by atoms with E-state index in [1.165, 1.54) is 0 Å². The van der Waals surface area contributed by atoms with Crippen LogP contribution in [0.4, 0.5) is 5.88 Å². The average molecular weight is 210 g/mol. The van der Waals surface area contributed by atoms with E-state index in [9.17, 15) is 4.79 Å². The van der Waals surface area contributed by atoms with Crippen LogP contribution in [-0.2, 0) is 11.3 Å². The van der Waals surface area contributed by atoms with Crippen LogP contribution in [0.25, 0.3) is 0 Å². The first-order valence-electron chi connectivity index (χ1n) is 4.98. The highest BCUT2D eigenvalue weighted by atomic mass is 16.4. The van der Waals surface area contributed by atoms with Gasteiger partial charge in [-0.05, 0) is 25.5 Å². The fourth-order valence-electron chi connectivity index (χ4n) is 1.97. The molecule has 2 heterocycles. The quantitative estimate of drug-likeness (QED) is 0.775. The molecule has 1 atom stereocenters. The predicted molar refractivity (Wildman–Crippen MR) is 54.2 cm³/mol. The highest BCUT2D eigenvalue weighted by Crippen LogP contribution is 2.21. The van der Waals surface area contributed by atoms with Gasteiger partial charge in [0.15, 0.2) is 5.88 Å². The van der Waals surface area contributed by atoms with Crippen molar-refractivity contribution >= 4 is 11.9 Å². The van der Waals surface area contributed by atoms with Crippen molar-refractivity contribution < 1.29 is 14.3 Å². The molecule has 0 spiro atoms. The van der Waals surface area contributed by atoms with Crippen molar-refractivity contribution in [3.8, 4) is 0 Å². The van der Waals surface area contributed by atoms with Crippen LogP contribution in [0.5, 0.6) is 0 Å². The lowest BCUT2D eigenvalue weighted by Crippen LogP contribution is -2.35. The normalized spacial score (nSPS) is 22.0. The summed E-state index contributed by atoms with van der Waals surface area (Å²) < 4.78 is 5.22. The van der Waals surface area contributed by atoms with Crippen LogP contribution in [0.3, 0.4) is 0 Å². The summed E-state index contributed by atoms with van der Waals surface area (Å²) in [6, 6.07) is 3.09. The van der Waals surface area contributed by atoms with Gasteiger partial charge < -0.3 is 15.3 Å². The monoisotopic (exact) mass is 210 g/mol. The molecule has 1 fully saturated rings. The minimum atomic E-state index is -0.757. The van der Waals surface area contributed by atoms with Crippen molar-refractivity contribution in [3.05, 3.63) is 17.9 Å². The first kappa shape index (κ1) is 10.0. The number of aliphatic carboxylic acids is 1. The summed E-state index contributed by atoms with van der Waals surface area (Å²) in [5.74, 6) is 0.337. The van der Waals surface area contributed by atoms with Crippen molar-refractivity contribution in [3.63, 3.8) is 0 Å². The Labute approximate surface area is 87.5 Å². The van der Waals surface area contributed by atoms with Crippen molar-refractivity contribution in [2.24, 2.45) is 0 Å². The topological polar surface area (TPSA) is 79.7 Å². The number of anilines is 1. The molecule has 82 valence electrons. The molecule has 0 bridgehead atoms. The third-order valence-corrected chi connectivity index (χ3v) is 2.69. The minimum absolute atomic E-state index is 0.371. The van der Waals surface area contributed by atoms with Crippen LogP contribution in [0.2, 0.25) is 0 Å². The van der Waals surface area contributed by atoms with E-state index < -0.39 is 5.97 Å². The molecule has 1 aromatic rings. The molecule has 1 saturated heterocycles. The van der Waals surface area contributed by atoms with Gasteiger partial charge in [-0.1, -0.05) is 0 Å². The standard InChI is InChI=1S/C10H14N2O3/c11-9-4-3-7(15-9)6-12-5-1-2-8(12)10(13)14/h3-4,8H,1-2,5-6,11H2,(H,13,14). The number of likely N-dealkylation sites (tertiary alicyclic amines) is 1. The molecular formula is C10H14N2O3. The lowest BCUT2D eigenvalue weighted by Gasteiger charge is -2.19. The molecule has 0 saturated carbocycles. The van der Waals surface area contributed by atoms with Crippen LogP contribution in [0.1, 0.15) is 18.6 Å². The summed E-state index contributed by atoms with van der Waals surface area (Å²) in [6.45, 7) is 1.33. The fourth-order valence-corrected chi connectivity index (χ4v) is 1.97. The van der Waals surface area contributed by atoms with Gasteiger partial charge in [-0.3, -0.25) is 9.69 Å². The number of nitrogen functional groups attached to an aromatic ring is 1. The molecule has 1 aromatic heterocycles. The van der Waals surface area contributed by atoms with Crippen LogP contribution in [-0.4, -0.2) is 28.6 Å². The second-order valence-corrected chi connectivity index (χ2v) is 3.77. The molecule has 3 N–H and O–H groups in total. The van der Waals surface area contributed by atoms with Gasteiger partial charge >= 0.3 is 5.97 Å². The van der Waals surface area contributed by atoms with Gasteiger partial charge in [0.25, 0.3) is 0 Å². The van der Waals surface area contributed by atoms with Crippen molar-refractivity contribution in [1.29, 1.82) is 0 Å². The largest absolute Gasteiger partial charge is 0.480 e. The number of carboxylic acid groups (broad SMARTS) is 1. The summed E-state index contributed by atoms with van der Waals surface area (Å²) in [5, 5.41) is 8.97. The van der Waals surface area contributed by atoms with Crippen LogP contribution in [0, 0.1) is 0 Å². The Morgan fingerprint density at radius 1 is 1.67 bits per heavy atom. The molecule has 15 heavy (non-hydrogen) atoms. The molecule has 0 aliphatic carbocycles. The summed E-state index contributed by atoms with van der Waals surface area (Å²) in [6.07, 6.45) is 1.64. The third kappa shape index (κ3) is 2.12. The maximum Gasteiger partial charge on any atom is 0.320 e. The molecular weight excluding hydrogens is 196 g/mol. The smallest absolute Gasteiger partial charge is 0.320 e. The van der Waals surface area contributed by atoms with Crippen molar-refractivity contribution in [1.82, 2.24) is 4.90 Å². The van der Waals surface area contributed by atoms with Gasteiger partial charge in [0.05, 0.1) is 6.54 Å². The van der Waals surface area contributed by atoms with E-state index in [4.69, 9.17) is 15.3 Å². The number of nitrogens with two attached hydrogens (primary N) is 1. The van der Waals surface area contributed by atoms with Crippen molar-refractivity contribution in [2.75, 3.05) is 12.3 Å². The van der Waals surface area contributed by atoms with Crippen LogP contribution < -0.4 is 5.73 Å². The zero-order valence-electron chi connectivity index (χ0n) is 8.35. The van der Waals surface area contributed by atoms with Gasteiger partial charge in [0.1, 0.15) is 11.8 Å². The molecule has 5 nitrogen and oxygen atoms in total. The Morgan fingerprint density at radius 2 is 2.47 bits per heavy atom. The minimum Gasteiger partial charge on any atom is -0.480 e. The number of carboxylic acids is 1. The van der Waals surface area contributed by atoms with Crippen LogP contribution >= 0.6 is 0 Å². The van der Waals surface area contributed by atoms with Gasteiger partial charge in [-0.2, -0.15) is 0 Å². The van der Waals surface area contributed by atoms with E-state index in [1.807, 2.05) is 4.90 Å². The Kier molecular flexibility index (Phi) is 2.64.